The monoisotopic (exact) mass is 449 g/mol. The molecule has 1 heterocycles. The zero-order valence-electron chi connectivity index (χ0n) is 17.8. The third kappa shape index (κ3) is 5.74. The molecule has 1 N–H and O–H groups in total. The molecule has 0 aliphatic carbocycles. The van der Waals surface area contributed by atoms with Crippen molar-refractivity contribution in [1.29, 1.82) is 0 Å². The van der Waals surface area contributed by atoms with E-state index in [0.717, 1.165) is 15.6 Å². The van der Waals surface area contributed by atoms with Gasteiger partial charge >= 0.3 is 10.2 Å². The molecule has 1 aliphatic heterocycles. The highest BCUT2D eigenvalue weighted by atomic mass is 32.2. The van der Waals surface area contributed by atoms with Gasteiger partial charge in [-0.2, -0.15) is 12.7 Å². The highest BCUT2D eigenvalue weighted by molar-refractivity contribution is 7.90. The average Bonchev–Trinajstić information content (AvgIpc) is 2.78. The fourth-order valence-electron chi connectivity index (χ4n) is 3.53. The third-order valence-corrected chi connectivity index (χ3v) is 7.21. The molecule has 1 atom stereocenters. The molecule has 9 heteroatoms. The third-order valence-electron chi connectivity index (χ3n) is 5.32. The molecule has 2 aromatic carbocycles. The molecule has 0 radical (unpaired) electrons. The van der Waals surface area contributed by atoms with Gasteiger partial charge in [0.2, 0.25) is 5.91 Å². The van der Waals surface area contributed by atoms with Crippen LogP contribution in [0.5, 0.6) is 5.75 Å². The zero-order valence-corrected chi connectivity index (χ0v) is 18.6. The Morgan fingerprint density at radius 2 is 1.87 bits per heavy atom. The van der Waals surface area contributed by atoms with E-state index >= 15 is 0 Å². The Balaban J connectivity index is 1.59. The van der Waals surface area contributed by atoms with Crippen molar-refractivity contribution in [1.82, 2.24) is 9.62 Å². The van der Waals surface area contributed by atoms with E-state index in [1.165, 1.54) is 35.6 Å². The highest BCUT2D eigenvalue weighted by Gasteiger charge is 2.34. The number of carbonyl (C=O) groups is 1. The summed E-state index contributed by atoms with van der Waals surface area (Å²) in [7, 11) is -2.39. The van der Waals surface area contributed by atoms with Crippen molar-refractivity contribution in [2.75, 3.05) is 31.0 Å². The minimum atomic E-state index is -3.82. The molecular formula is C22H28FN3O4S. The molecule has 31 heavy (non-hydrogen) atoms. The second-order valence-corrected chi connectivity index (χ2v) is 9.40. The van der Waals surface area contributed by atoms with Crippen LogP contribution in [0.1, 0.15) is 25.3 Å². The molecular weight excluding hydrogens is 421 g/mol. The summed E-state index contributed by atoms with van der Waals surface area (Å²) in [6, 6.07) is 12.7. The van der Waals surface area contributed by atoms with Gasteiger partial charge in [-0.15, -0.1) is 0 Å². The van der Waals surface area contributed by atoms with E-state index in [-0.39, 0.29) is 12.5 Å². The Labute approximate surface area is 183 Å². The SMILES string of the molecule is CCOc1ccc(CNC(=O)[C@@H]2CCCN(S(=O)(=O)N(C)c3ccc(F)cc3)C2)cc1. The molecule has 2 aromatic rings. The number of nitrogens with zero attached hydrogens (tertiary/aromatic N) is 2. The molecule has 3 rings (SSSR count). The van der Waals surface area contributed by atoms with Crippen LogP contribution in [-0.4, -0.2) is 45.4 Å². The van der Waals surface area contributed by atoms with Gasteiger partial charge in [0.05, 0.1) is 18.2 Å². The van der Waals surface area contributed by atoms with E-state index in [9.17, 15) is 17.6 Å². The van der Waals surface area contributed by atoms with Crippen LogP contribution in [-0.2, 0) is 21.5 Å². The molecule has 168 valence electrons. The minimum absolute atomic E-state index is 0.114. The van der Waals surface area contributed by atoms with Crippen LogP contribution in [0.2, 0.25) is 0 Å². The zero-order chi connectivity index (χ0) is 22.4. The van der Waals surface area contributed by atoms with E-state index in [2.05, 4.69) is 5.32 Å². The number of hydrogen-bond donors (Lipinski definition) is 1. The molecule has 1 amide bonds. The lowest BCUT2D eigenvalue weighted by Gasteiger charge is -2.34. The molecule has 0 unspecified atom stereocenters. The number of halogens is 1. The summed E-state index contributed by atoms with van der Waals surface area (Å²) in [5.41, 5.74) is 1.30. The number of benzene rings is 2. The van der Waals surface area contributed by atoms with Gasteiger partial charge in [0.1, 0.15) is 11.6 Å². The van der Waals surface area contributed by atoms with Gasteiger partial charge < -0.3 is 10.1 Å². The smallest absolute Gasteiger partial charge is 0.303 e. The van der Waals surface area contributed by atoms with E-state index < -0.39 is 21.9 Å². The molecule has 0 aromatic heterocycles. The predicted octanol–water partition coefficient (Wildman–Crippen LogP) is 2.93. The van der Waals surface area contributed by atoms with Crippen LogP contribution >= 0.6 is 0 Å². The fourth-order valence-corrected chi connectivity index (χ4v) is 4.99. The Bertz CT molecular complexity index is 981. The summed E-state index contributed by atoms with van der Waals surface area (Å²) < 4.78 is 47.0. The number of carbonyl (C=O) groups excluding carboxylic acids is 1. The van der Waals surface area contributed by atoms with E-state index in [1.54, 1.807) is 0 Å². The van der Waals surface area contributed by atoms with Crippen LogP contribution in [0.25, 0.3) is 0 Å². The van der Waals surface area contributed by atoms with Crippen molar-refractivity contribution in [3.05, 3.63) is 59.9 Å². The van der Waals surface area contributed by atoms with Crippen LogP contribution in [0.15, 0.2) is 48.5 Å². The first-order valence-electron chi connectivity index (χ1n) is 10.3. The maximum atomic E-state index is 13.2. The van der Waals surface area contributed by atoms with Crippen molar-refractivity contribution in [2.45, 2.75) is 26.3 Å². The predicted molar refractivity (Wildman–Crippen MR) is 117 cm³/mol. The highest BCUT2D eigenvalue weighted by Crippen LogP contribution is 2.24. The van der Waals surface area contributed by atoms with Crippen molar-refractivity contribution in [2.24, 2.45) is 5.92 Å². The number of piperidine rings is 1. The Kier molecular flexibility index (Phi) is 7.50. The van der Waals surface area contributed by atoms with Gasteiger partial charge in [0.15, 0.2) is 0 Å². The maximum absolute atomic E-state index is 13.2. The van der Waals surface area contributed by atoms with Crippen molar-refractivity contribution in [3.8, 4) is 5.75 Å². The summed E-state index contributed by atoms with van der Waals surface area (Å²) in [6.07, 6.45) is 1.22. The summed E-state index contributed by atoms with van der Waals surface area (Å²) in [5.74, 6) is -0.251. The largest absolute Gasteiger partial charge is 0.494 e. The van der Waals surface area contributed by atoms with E-state index in [4.69, 9.17) is 4.74 Å². The van der Waals surface area contributed by atoms with Gasteiger partial charge in [-0.25, -0.2) is 4.39 Å². The van der Waals surface area contributed by atoms with Crippen molar-refractivity contribution < 1.29 is 22.3 Å². The summed E-state index contributed by atoms with van der Waals surface area (Å²) in [6.45, 7) is 3.33. The van der Waals surface area contributed by atoms with E-state index in [1.807, 2.05) is 31.2 Å². The Morgan fingerprint density at radius 1 is 1.19 bits per heavy atom. The molecule has 0 bridgehead atoms. The number of hydrogen-bond acceptors (Lipinski definition) is 4. The normalized spacial score (nSPS) is 17.2. The summed E-state index contributed by atoms with van der Waals surface area (Å²) in [5, 5.41) is 2.90. The lowest BCUT2D eigenvalue weighted by atomic mass is 9.99. The van der Waals surface area contributed by atoms with Crippen LogP contribution in [0.3, 0.4) is 0 Å². The number of rotatable bonds is 8. The molecule has 1 aliphatic rings. The van der Waals surface area contributed by atoms with Gasteiger partial charge in [0, 0.05) is 26.7 Å². The standard InChI is InChI=1S/C22H28FN3O4S/c1-3-30-21-12-6-17(7-13-21)15-24-22(27)18-5-4-14-26(16-18)31(28,29)25(2)20-10-8-19(23)9-11-20/h6-13,18H,3-5,14-16H2,1-2H3,(H,24,27)/t18-/m1/s1. The second kappa shape index (κ2) is 10.1. The average molecular weight is 450 g/mol. The molecule has 0 spiro atoms. The second-order valence-electron chi connectivity index (χ2n) is 7.44. The number of ether oxygens (including phenoxy) is 1. The molecule has 7 nitrogen and oxygen atoms in total. The lowest BCUT2D eigenvalue weighted by Crippen LogP contribution is -2.49. The van der Waals surface area contributed by atoms with E-state index in [0.29, 0.717) is 38.2 Å². The quantitative estimate of drug-likeness (QED) is 0.672. The van der Waals surface area contributed by atoms with Crippen LogP contribution in [0, 0.1) is 11.7 Å². The van der Waals surface area contributed by atoms with Crippen molar-refractivity contribution in [3.63, 3.8) is 0 Å². The van der Waals surface area contributed by atoms with Crippen LogP contribution in [0.4, 0.5) is 10.1 Å². The number of nitrogens with one attached hydrogen (secondary N) is 1. The van der Waals surface area contributed by atoms with Gasteiger partial charge in [-0.3, -0.25) is 9.10 Å². The first-order valence-corrected chi connectivity index (χ1v) is 11.7. The maximum Gasteiger partial charge on any atom is 0.303 e. The molecule has 1 fully saturated rings. The summed E-state index contributed by atoms with van der Waals surface area (Å²) in [4.78, 5) is 12.7. The topological polar surface area (TPSA) is 79.0 Å². The number of anilines is 1. The van der Waals surface area contributed by atoms with Crippen molar-refractivity contribution >= 4 is 21.8 Å². The lowest BCUT2D eigenvalue weighted by molar-refractivity contribution is -0.126. The van der Waals surface area contributed by atoms with Gasteiger partial charge in [-0.1, -0.05) is 12.1 Å². The Hall–Kier alpha value is -2.65. The fraction of sp³-hybridized carbons (Fsp3) is 0.409. The van der Waals surface area contributed by atoms with Crippen LogP contribution < -0.4 is 14.4 Å². The van der Waals surface area contributed by atoms with Gasteiger partial charge in [-0.05, 0) is 61.7 Å². The molecule has 0 saturated carbocycles. The Morgan fingerprint density at radius 3 is 2.52 bits per heavy atom. The summed E-state index contributed by atoms with van der Waals surface area (Å²) >= 11 is 0. The first kappa shape index (κ1) is 23.0. The molecule has 1 saturated heterocycles. The minimum Gasteiger partial charge on any atom is -0.494 e. The first-order chi connectivity index (χ1) is 14.8. The van der Waals surface area contributed by atoms with Gasteiger partial charge in [0.25, 0.3) is 0 Å². The number of amides is 1.